The summed E-state index contributed by atoms with van der Waals surface area (Å²) < 4.78 is 0.672. The van der Waals surface area contributed by atoms with Gasteiger partial charge in [-0.25, -0.2) is 4.98 Å². The minimum atomic E-state index is -0.0173. The van der Waals surface area contributed by atoms with Gasteiger partial charge in [0, 0.05) is 11.5 Å². The molecule has 19 heavy (non-hydrogen) atoms. The number of hydrogen-bond donors (Lipinski definition) is 1. The van der Waals surface area contributed by atoms with Crippen molar-refractivity contribution in [1.82, 2.24) is 9.97 Å². The van der Waals surface area contributed by atoms with Gasteiger partial charge in [0.1, 0.15) is 9.39 Å². The van der Waals surface area contributed by atoms with Gasteiger partial charge in [-0.15, -0.1) is 0 Å². The zero-order chi connectivity index (χ0) is 13.2. The molecule has 0 radical (unpaired) electrons. The molecule has 4 heteroatoms. The topological polar surface area (TPSA) is 45.8 Å². The number of halogens is 1. The number of nitrogens with one attached hydrogen (secondary N) is 1. The summed E-state index contributed by atoms with van der Waals surface area (Å²) in [5.74, 6) is 1.29. The van der Waals surface area contributed by atoms with Crippen LogP contribution in [0, 0.1) is 3.57 Å². The number of nitrogens with zero attached hydrogens (tertiary/aromatic N) is 1. The summed E-state index contributed by atoms with van der Waals surface area (Å²) in [5, 5.41) is 0. The van der Waals surface area contributed by atoms with Crippen molar-refractivity contribution in [3.05, 3.63) is 50.1 Å². The van der Waals surface area contributed by atoms with Crippen molar-refractivity contribution in [2.75, 3.05) is 0 Å². The second-order valence-corrected chi connectivity index (χ2v) is 6.04. The van der Waals surface area contributed by atoms with E-state index < -0.39 is 0 Å². The van der Waals surface area contributed by atoms with Gasteiger partial charge in [0.25, 0.3) is 5.56 Å². The van der Waals surface area contributed by atoms with E-state index in [2.05, 4.69) is 27.6 Å². The van der Waals surface area contributed by atoms with Gasteiger partial charge in [-0.1, -0.05) is 43.2 Å². The lowest BCUT2D eigenvalue weighted by Crippen LogP contribution is -2.17. The molecule has 0 bridgehead atoms. The van der Waals surface area contributed by atoms with Crippen molar-refractivity contribution >= 4 is 22.6 Å². The Morgan fingerprint density at radius 1 is 1.16 bits per heavy atom. The Morgan fingerprint density at radius 3 is 2.53 bits per heavy atom. The third-order valence-corrected chi connectivity index (χ3v) is 4.67. The molecule has 1 fully saturated rings. The molecule has 3 nitrogen and oxygen atoms in total. The van der Waals surface area contributed by atoms with Crippen LogP contribution in [0.3, 0.4) is 0 Å². The number of benzene rings is 1. The molecule has 0 saturated heterocycles. The van der Waals surface area contributed by atoms with Crippen LogP contribution in [0.25, 0.3) is 11.3 Å². The summed E-state index contributed by atoms with van der Waals surface area (Å²) in [7, 11) is 0. The van der Waals surface area contributed by atoms with Crippen LogP contribution in [-0.2, 0) is 0 Å². The molecule has 0 aliphatic heterocycles. The van der Waals surface area contributed by atoms with Crippen LogP contribution in [0.1, 0.15) is 37.4 Å². The van der Waals surface area contributed by atoms with Crippen molar-refractivity contribution in [3.63, 3.8) is 0 Å². The molecule has 1 aromatic carbocycles. The van der Waals surface area contributed by atoms with E-state index in [1.54, 1.807) is 0 Å². The number of rotatable bonds is 2. The van der Waals surface area contributed by atoms with Crippen LogP contribution < -0.4 is 5.56 Å². The molecule has 2 aromatic rings. The van der Waals surface area contributed by atoms with E-state index in [1.807, 2.05) is 30.3 Å². The van der Waals surface area contributed by atoms with Crippen molar-refractivity contribution in [3.8, 4) is 11.3 Å². The third kappa shape index (κ3) is 2.59. The maximum absolute atomic E-state index is 12.1. The van der Waals surface area contributed by atoms with Crippen LogP contribution in [0.4, 0.5) is 0 Å². The maximum atomic E-state index is 12.1. The van der Waals surface area contributed by atoms with Gasteiger partial charge in [0.05, 0.1) is 5.69 Å². The zero-order valence-corrected chi connectivity index (χ0v) is 12.7. The zero-order valence-electron chi connectivity index (χ0n) is 10.5. The first-order valence-corrected chi connectivity index (χ1v) is 7.68. The Kier molecular flexibility index (Phi) is 3.68. The Hall–Kier alpha value is -1.17. The van der Waals surface area contributed by atoms with Crippen molar-refractivity contribution in [2.45, 2.75) is 31.6 Å². The molecule has 0 unspecified atom stereocenters. The van der Waals surface area contributed by atoms with E-state index >= 15 is 0 Å². The SMILES string of the molecule is O=c1[nH]c(C2CCCC2)nc(-c2ccccc2)c1I. The minimum absolute atomic E-state index is 0.0173. The molecule has 1 saturated carbocycles. The molecule has 0 atom stereocenters. The average molecular weight is 366 g/mol. The largest absolute Gasteiger partial charge is 0.309 e. The van der Waals surface area contributed by atoms with E-state index in [4.69, 9.17) is 4.98 Å². The summed E-state index contributed by atoms with van der Waals surface area (Å²) in [6, 6.07) is 9.93. The van der Waals surface area contributed by atoms with Crippen LogP contribution in [0.15, 0.2) is 35.1 Å². The fourth-order valence-electron chi connectivity index (χ4n) is 2.66. The smallest absolute Gasteiger partial charge is 0.264 e. The Morgan fingerprint density at radius 2 is 1.84 bits per heavy atom. The Labute approximate surface area is 125 Å². The molecule has 1 heterocycles. The standard InChI is InChI=1S/C15H15IN2O/c16-12-13(10-6-2-1-3-7-10)17-14(18-15(12)19)11-8-4-5-9-11/h1-3,6-7,11H,4-5,8-9H2,(H,17,18,19). The molecule has 1 aromatic heterocycles. The normalized spacial score (nSPS) is 15.8. The first-order chi connectivity index (χ1) is 9.25. The van der Waals surface area contributed by atoms with E-state index in [9.17, 15) is 4.79 Å². The molecule has 0 amide bonds. The number of aromatic amines is 1. The molecule has 1 aliphatic carbocycles. The average Bonchev–Trinajstić information content (AvgIpc) is 2.97. The summed E-state index contributed by atoms with van der Waals surface area (Å²) >= 11 is 2.08. The van der Waals surface area contributed by atoms with Crippen LogP contribution in [0.5, 0.6) is 0 Å². The molecular formula is C15H15IN2O. The van der Waals surface area contributed by atoms with Gasteiger partial charge in [-0.3, -0.25) is 4.79 Å². The van der Waals surface area contributed by atoms with Crippen LogP contribution in [0.2, 0.25) is 0 Å². The highest BCUT2D eigenvalue weighted by molar-refractivity contribution is 14.1. The van der Waals surface area contributed by atoms with Crippen LogP contribution >= 0.6 is 22.6 Å². The second-order valence-electron chi connectivity index (χ2n) is 4.96. The molecule has 3 rings (SSSR count). The fraction of sp³-hybridized carbons (Fsp3) is 0.333. The highest BCUT2D eigenvalue weighted by atomic mass is 127. The highest BCUT2D eigenvalue weighted by Gasteiger charge is 2.21. The van der Waals surface area contributed by atoms with Gasteiger partial charge in [0.2, 0.25) is 0 Å². The van der Waals surface area contributed by atoms with E-state index in [-0.39, 0.29) is 5.56 Å². The van der Waals surface area contributed by atoms with Gasteiger partial charge < -0.3 is 4.98 Å². The first-order valence-electron chi connectivity index (χ1n) is 6.61. The number of H-pyrrole nitrogens is 1. The second kappa shape index (κ2) is 5.45. The minimum Gasteiger partial charge on any atom is -0.309 e. The van der Waals surface area contributed by atoms with Crippen molar-refractivity contribution in [1.29, 1.82) is 0 Å². The third-order valence-electron chi connectivity index (χ3n) is 3.67. The first kappa shape index (κ1) is 12.8. The lowest BCUT2D eigenvalue weighted by Gasteiger charge is -2.11. The number of hydrogen-bond acceptors (Lipinski definition) is 2. The summed E-state index contributed by atoms with van der Waals surface area (Å²) in [4.78, 5) is 19.8. The van der Waals surface area contributed by atoms with Gasteiger partial charge >= 0.3 is 0 Å². The summed E-state index contributed by atoms with van der Waals surface area (Å²) in [6.45, 7) is 0. The Bertz CT molecular complexity index is 630. The van der Waals surface area contributed by atoms with E-state index in [0.29, 0.717) is 9.49 Å². The molecule has 1 N–H and O–H groups in total. The van der Waals surface area contributed by atoms with E-state index in [0.717, 1.165) is 29.9 Å². The molecular weight excluding hydrogens is 351 g/mol. The molecule has 0 spiro atoms. The monoisotopic (exact) mass is 366 g/mol. The van der Waals surface area contributed by atoms with Gasteiger partial charge in [-0.2, -0.15) is 0 Å². The highest BCUT2D eigenvalue weighted by Crippen LogP contribution is 2.32. The quantitative estimate of drug-likeness (QED) is 0.824. The van der Waals surface area contributed by atoms with Crippen LogP contribution in [-0.4, -0.2) is 9.97 Å². The van der Waals surface area contributed by atoms with Gasteiger partial charge in [-0.05, 0) is 35.4 Å². The van der Waals surface area contributed by atoms with E-state index in [1.165, 1.54) is 12.8 Å². The van der Waals surface area contributed by atoms with Gasteiger partial charge in [0.15, 0.2) is 0 Å². The fourth-order valence-corrected chi connectivity index (χ4v) is 3.22. The summed E-state index contributed by atoms with van der Waals surface area (Å²) in [5.41, 5.74) is 1.81. The maximum Gasteiger partial charge on any atom is 0.264 e. The predicted molar refractivity (Wildman–Crippen MR) is 84.2 cm³/mol. The van der Waals surface area contributed by atoms with Crippen molar-refractivity contribution < 1.29 is 0 Å². The lowest BCUT2D eigenvalue weighted by atomic mass is 10.1. The number of aromatic nitrogens is 2. The van der Waals surface area contributed by atoms with Crippen molar-refractivity contribution in [2.24, 2.45) is 0 Å². The lowest BCUT2D eigenvalue weighted by molar-refractivity contribution is 0.663. The summed E-state index contributed by atoms with van der Waals surface area (Å²) in [6.07, 6.45) is 4.75. The molecule has 1 aliphatic rings. The molecule has 98 valence electrons. The predicted octanol–water partition coefficient (Wildman–Crippen LogP) is 3.70. The Balaban J connectivity index is 2.11.